The minimum Gasteiger partial charge on any atom is -0.504 e. The highest BCUT2D eigenvalue weighted by Crippen LogP contribution is 2.33. The Balaban J connectivity index is 2.35. The number of halogens is 2. The van der Waals surface area contributed by atoms with Crippen LogP contribution in [-0.4, -0.2) is 11.7 Å². The average molecular weight is 198 g/mol. The second kappa shape index (κ2) is 3.29. The first-order chi connectivity index (χ1) is 6.66. The van der Waals surface area contributed by atoms with E-state index in [1.54, 1.807) is 0 Å². The van der Waals surface area contributed by atoms with Crippen molar-refractivity contribution < 1.29 is 18.6 Å². The topological polar surface area (TPSA) is 29.5 Å². The predicted molar refractivity (Wildman–Crippen MR) is 47.5 cm³/mol. The van der Waals surface area contributed by atoms with Gasteiger partial charge >= 0.3 is 6.61 Å². The van der Waals surface area contributed by atoms with Crippen LogP contribution in [0.15, 0.2) is 18.2 Å². The second-order valence-electron chi connectivity index (χ2n) is 3.00. The van der Waals surface area contributed by atoms with Crippen molar-refractivity contribution in [2.75, 3.05) is 0 Å². The molecule has 1 aromatic rings. The maximum atomic E-state index is 11.9. The van der Waals surface area contributed by atoms with E-state index in [1.165, 1.54) is 12.1 Å². The lowest BCUT2D eigenvalue weighted by Crippen LogP contribution is -2.02. The van der Waals surface area contributed by atoms with Gasteiger partial charge in [0.05, 0.1) is 0 Å². The number of aromatic hydroxyl groups is 1. The van der Waals surface area contributed by atoms with Crippen molar-refractivity contribution in [3.8, 4) is 11.5 Å². The van der Waals surface area contributed by atoms with Crippen LogP contribution >= 0.6 is 0 Å². The summed E-state index contributed by atoms with van der Waals surface area (Å²) < 4.78 is 28.0. The molecule has 2 nitrogen and oxygen atoms in total. The maximum Gasteiger partial charge on any atom is 0.387 e. The molecule has 0 bridgehead atoms. The van der Waals surface area contributed by atoms with Gasteiger partial charge in [-0.2, -0.15) is 8.78 Å². The molecule has 1 aliphatic carbocycles. The van der Waals surface area contributed by atoms with Gasteiger partial charge in [0.15, 0.2) is 11.5 Å². The Labute approximate surface area is 79.4 Å². The summed E-state index contributed by atoms with van der Waals surface area (Å²) in [5, 5.41) is 9.33. The molecular formula is C10H8F2O2. The molecule has 4 heteroatoms. The Morgan fingerprint density at radius 2 is 2.14 bits per heavy atom. The Hall–Kier alpha value is -1.58. The first kappa shape index (κ1) is 8.99. The van der Waals surface area contributed by atoms with Gasteiger partial charge in [-0.3, -0.25) is 0 Å². The fourth-order valence-electron chi connectivity index (χ4n) is 1.46. The summed E-state index contributed by atoms with van der Waals surface area (Å²) >= 11 is 0. The van der Waals surface area contributed by atoms with Gasteiger partial charge in [0.25, 0.3) is 0 Å². The fourth-order valence-corrected chi connectivity index (χ4v) is 1.46. The third-order valence-electron chi connectivity index (χ3n) is 2.07. The zero-order valence-electron chi connectivity index (χ0n) is 7.21. The standard InChI is InChI=1S/C10H8F2O2/c11-10(12)14-9-5-7-3-1-2-6(7)4-8(9)13/h1-2,4-5,10,13H,3H2. The van der Waals surface area contributed by atoms with Crippen LogP contribution in [0, 0.1) is 0 Å². The number of hydrogen-bond acceptors (Lipinski definition) is 2. The van der Waals surface area contributed by atoms with Gasteiger partial charge in [-0.25, -0.2) is 0 Å². The first-order valence-corrected chi connectivity index (χ1v) is 4.14. The second-order valence-corrected chi connectivity index (χ2v) is 3.00. The fraction of sp³-hybridized carbons (Fsp3) is 0.200. The van der Waals surface area contributed by atoms with E-state index in [0.717, 1.165) is 11.1 Å². The normalized spacial score (nSPS) is 13.4. The van der Waals surface area contributed by atoms with E-state index in [1.807, 2.05) is 12.2 Å². The number of phenolic OH excluding ortho intramolecular Hbond substituents is 1. The maximum absolute atomic E-state index is 11.9. The Bertz CT molecular complexity index is 386. The molecular weight excluding hydrogens is 190 g/mol. The van der Waals surface area contributed by atoms with Crippen molar-refractivity contribution in [3.05, 3.63) is 29.3 Å². The summed E-state index contributed by atoms with van der Waals surface area (Å²) in [4.78, 5) is 0. The van der Waals surface area contributed by atoms with Crippen molar-refractivity contribution in [1.82, 2.24) is 0 Å². The van der Waals surface area contributed by atoms with Gasteiger partial charge in [0, 0.05) is 0 Å². The molecule has 0 saturated heterocycles. The number of allylic oxidation sites excluding steroid dienone is 1. The first-order valence-electron chi connectivity index (χ1n) is 4.14. The lowest BCUT2D eigenvalue weighted by atomic mass is 10.1. The van der Waals surface area contributed by atoms with Crippen molar-refractivity contribution in [1.29, 1.82) is 0 Å². The van der Waals surface area contributed by atoms with Crippen LogP contribution in [0.25, 0.3) is 6.08 Å². The largest absolute Gasteiger partial charge is 0.504 e. The average Bonchev–Trinajstić information content (AvgIpc) is 2.51. The molecule has 1 aromatic carbocycles. The van der Waals surface area contributed by atoms with Crippen LogP contribution in [0.3, 0.4) is 0 Å². The summed E-state index contributed by atoms with van der Waals surface area (Å²) in [6.07, 6.45) is 4.42. The number of rotatable bonds is 2. The summed E-state index contributed by atoms with van der Waals surface area (Å²) in [6, 6.07) is 2.87. The SMILES string of the molecule is Oc1cc2c(cc1OC(F)F)CC=C2. The van der Waals surface area contributed by atoms with E-state index in [9.17, 15) is 13.9 Å². The summed E-state index contributed by atoms with van der Waals surface area (Å²) in [7, 11) is 0. The molecule has 0 unspecified atom stereocenters. The molecule has 0 aromatic heterocycles. The zero-order valence-corrected chi connectivity index (χ0v) is 7.21. The van der Waals surface area contributed by atoms with Crippen LogP contribution in [0.1, 0.15) is 11.1 Å². The summed E-state index contributed by atoms with van der Waals surface area (Å²) in [5.74, 6) is -0.418. The third kappa shape index (κ3) is 1.55. The van der Waals surface area contributed by atoms with Gasteiger partial charge in [0.2, 0.25) is 0 Å². The molecule has 2 rings (SSSR count). The van der Waals surface area contributed by atoms with Crippen molar-refractivity contribution in [2.24, 2.45) is 0 Å². The molecule has 0 radical (unpaired) electrons. The highest BCUT2D eigenvalue weighted by molar-refractivity contribution is 5.64. The van der Waals surface area contributed by atoms with Crippen molar-refractivity contribution in [2.45, 2.75) is 13.0 Å². The number of alkyl halides is 2. The predicted octanol–water partition coefficient (Wildman–Crippen LogP) is 2.56. The number of hydrogen-bond donors (Lipinski definition) is 1. The molecule has 14 heavy (non-hydrogen) atoms. The molecule has 0 atom stereocenters. The van der Waals surface area contributed by atoms with Crippen LogP contribution in [0.4, 0.5) is 8.78 Å². The number of phenols is 1. The molecule has 74 valence electrons. The van der Waals surface area contributed by atoms with Crippen molar-refractivity contribution in [3.63, 3.8) is 0 Å². The highest BCUT2D eigenvalue weighted by atomic mass is 19.3. The van der Waals surface area contributed by atoms with E-state index >= 15 is 0 Å². The number of benzene rings is 1. The van der Waals surface area contributed by atoms with E-state index in [4.69, 9.17) is 0 Å². The lowest BCUT2D eigenvalue weighted by Gasteiger charge is -2.08. The summed E-state index contributed by atoms with van der Waals surface area (Å²) in [5.41, 5.74) is 1.74. The molecule has 0 fully saturated rings. The smallest absolute Gasteiger partial charge is 0.387 e. The van der Waals surface area contributed by atoms with E-state index in [2.05, 4.69) is 4.74 Å². The van der Waals surface area contributed by atoms with E-state index in [-0.39, 0.29) is 11.5 Å². The molecule has 0 amide bonds. The molecule has 0 aliphatic heterocycles. The minimum absolute atomic E-state index is 0.164. The Kier molecular flexibility index (Phi) is 2.11. The quantitative estimate of drug-likeness (QED) is 0.791. The highest BCUT2D eigenvalue weighted by Gasteiger charge is 2.14. The van der Waals surface area contributed by atoms with Crippen LogP contribution in [0.5, 0.6) is 11.5 Å². The molecule has 0 saturated carbocycles. The molecule has 0 spiro atoms. The van der Waals surface area contributed by atoms with Gasteiger partial charge in [-0.05, 0) is 29.7 Å². The van der Waals surface area contributed by atoms with Crippen LogP contribution in [-0.2, 0) is 6.42 Å². The molecule has 1 N–H and O–H groups in total. The van der Waals surface area contributed by atoms with Crippen LogP contribution in [0.2, 0.25) is 0 Å². The minimum atomic E-state index is -2.91. The van der Waals surface area contributed by atoms with Gasteiger partial charge in [0.1, 0.15) is 0 Å². The summed E-state index contributed by atoms with van der Waals surface area (Å²) in [6.45, 7) is -2.91. The monoisotopic (exact) mass is 198 g/mol. The van der Waals surface area contributed by atoms with E-state index < -0.39 is 6.61 Å². The van der Waals surface area contributed by atoms with Gasteiger partial charge in [-0.15, -0.1) is 0 Å². The van der Waals surface area contributed by atoms with Gasteiger partial charge < -0.3 is 9.84 Å². The molecule has 0 heterocycles. The van der Waals surface area contributed by atoms with Crippen molar-refractivity contribution >= 4 is 6.08 Å². The Morgan fingerprint density at radius 3 is 2.86 bits per heavy atom. The third-order valence-corrected chi connectivity index (χ3v) is 2.07. The Morgan fingerprint density at radius 1 is 1.36 bits per heavy atom. The van der Waals surface area contributed by atoms with E-state index in [0.29, 0.717) is 6.42 Å². The van der Waals surface area contributed by atoms with Gasteiger partial charge in [-0.1, -0.05) is 12.2 Å². The number of ether oxygens (including phenoxy) is 1. The van der Waals surface area contributed by atoms with Crippen LogP contribution < -0.4 is 4.74 Å². The zero-order chi connectivity index (χ0) is 10.1. The lowest BCUT2D eigenvalue weighted by molar-refractivity contribution is -0.0512. The molecule has 1 aliphatic rings. The number of fused-ring (bicyclic) bond motifs is 1.